The molecule has 5 nitrogen and oxygen atoms in total. The Morgan fingerprint density at radius 1 is 1.03 bits per heavy atom. The number of aryl methyl sites for hydroxylation is 2. The number of aromatic nitrogens is 1. The summed E-state index contributed by atoms with van der Waals surface area (Å²) in [6.45, 7) is 1.50. The Bertz CT molecular complexity index is 1070. The lowest BCUT2D eigenvalue weighted by Crippen LogP contribution is -2.40. The van der Waals surface area contributed by atoms with E-state index < -0.39 is 5.97 Å². The van der Waals surface area contributed by atoms with E-state index in [-0.39, 0.29) is 18.2 Å². The average Bonchev–Trinajstić information content (AvgIpc) is 2.95. The minimum atomic E-state index is -0.772. The molecule has 1 aliphatic carbocycles. The first-order valence-corrected chi connectivity index (χ1v) is 13.9. The minimum absolute atomic E-state index is 0.167. The smallest absolute Gasteiger partial charge is 0.303 e. The number of benzene rings is 1. The highest BCUT2D eigenvalue weighted by Crippen LogP contribution is 2.46. The highest BCUT2D eigenvalue weighted by Gasteiger charge is 2.36. The Morgan fingerprint density at radius 3 is 2.47 bits per heavy atom. The van der Waals surface area contributed by atoms with Crippen LogP contribution in [-0.2, 0) is 22.4 Å². The summed E-state index contributed by atoms with van der Waals surface area (Å²) in [4.78, 5) is 30.3. The van der Waals surface area contributed by atoms with Crippen LogP contribution in [0, 0.1) is 5.92 Å². The first-order valence-electron chi connectivity index (χ1n) is 11.9. The van der Waals surface area contributed by atoms with Gasteiger partial charge in [0.2, 0.25) is 5.91 Å². The summed E-state index contributed by atoms with van der Waals surface area (Å²) in [5.74, 6) is -0.0295. The fourth-order valence-corrected chi connectivity index (χ4v) is 6.90. The van der Waals surface area contributed by atoms with Crippen molar-refractivity contribution in [3.8, 4) is 0 Å². The zero-order valence-electron chi connectivity index (χ0n) is 19.0. The Labute approximate surface area is 222 Å². The number of amides is 1. The van der Waals surface area contributed by atoms with Crippen LogP contribution in [-0.4, -0.2) is 40.0 Å². The van der Waals surface area contributed by atoms with Gasteiger partial charge in [-0.1, -0.05) is 34.0 Å². The molecule has 4 rings (SSSR count). The Kier molecular flexibility index (Phi) is 8.70. The maximum Gasteiger partial charge on any atom is 0.303 e. The largest absolute Gasteiger partial charge is 0.481 e. The van der Waals surface area contributed by atoms with E-state index in [2.05, 4.69) is 44.0 Å². The highest BCUT2D eigenvalue weighted by atomic mass is 79.9. The first kappa shape index (κ1) is 25.6. The van der Waals surface area contributed by atoms with Crippen molar-refractivity contribution in [1.29, 1.82) is 0 Å². The lowest BCUT2D eigenvalue weighted by Gasteiger charge is -2.37. The van der Waals surface area contributed by atoms with Gasteiger partial charge < -0.3 is 10.0 Å². The van der Waals surface area contributed by atoms with E-state index in [0.29, 0.717) is 18.8 Å². The van der Waals surface area contributed by atoms with Gasteiger partial charge >= 0.3 is 5.97 Å². The molecule has 1 amide bonds. The number of pyridine rings is 1. The Hall–Kier alpha value is -1.44. The van der Waals surface area contributed by atoms with E-state index in [4.69, 9.17) is 21.7 Å². The van der Waals surface area contributed by atoms with Crippen LogP contribution in [0.4, 0.5) is 0 Å². The van der Waals surface area contributed by atoms with Crippen molar-refractivity contribution in [2.24, 2.45) is 5.92 Å². The van der Waals surface area contributed by atoms with Crippen LogP contribution in [0.1, 0.15) is 73.2 Å². The van der Waals surface area contributed by atoms with E-state index in [1.54, 1.807) is 0 Å². The van der Waals surface area contributed by atoms with Crippen LogP contribution in [0.25, 0.3) is 0 Å². The third kappa shape index (κ3) is 6.03. The summed E-state index contributed by atoms with van der Waals surface area (Å²) >= 11 is 13.8. The number of piperidine rings is 1. The zero-order chi connectivity index (χ0) is 24.2. The highest BCUT2D eigenvalue weighted by molar-refractivity contribution is 9.10. The van der Waals surface area contributed by atoms with Crippen molar-refractivity contribution in [2.75, 3.05) is 13.1 Å². The second-order valence-corrected chi connectivity index (χ2v) is 11.5. The van der Waals surface area contributed by atoms with Crippen LogP contribution in [0.2, 0.25) is 5.02 Å². The number of fused-ring (bicyclic) bond motifs is 2. The molecule has 1 N–H and O–H groups in total. The van der Waals surface area contributed by atoms with Crippen molar-refractivity contribution in [3.05, 3.63) is 60.7 Å². The van der Waals surface area contributed by atoms with Gasteiger partial charge in [-0.3, -0.25) is 14.6 Å². The number of hydrogen-bond donors (Lipinski definition) is 1. The number of carbonyl (C=O) groups excluding carboxylic acids is 1. The molecule has 1 fully saturated rings. The summed E-state index contributed by atoms with van der Waals surface area (Å²) in [7, 11) is 0. The molecule has 0 bridgehead atoms. The zero-order valence-corrected chi connectivity index (χ0v) is 23.0. The Morgan fingerprint density at radius 2 is 1.74 bits per heavy atom. The van der Waals surface area contributed by atoms with E-state index >= 15 is 0 Å². The molecule has 0 radical (unpaired) electrons. The molecule has 1 aromatic heterocycles. The molecular weight excluding hydrogens is 584 g/mol. The summed E-state index contributed by atoms with van der Waals surface area (Å²) in [6.07, 6.45) is 8.45. The second kappa shape index (κ2) is 11.5. The van der Waals surface area contributed by atoms with Crippen molar-refractivity contribution in [2.45, 2.75) is 63.7 Å². The molecular formula is C26H29Br2ClN2O3. The summed E-state index contributed by atoms with van der Waals surface area (Å²) in [5, 5.41) is 9.49. The van der Waals surface area contributed by atoms with E-state index in [1.165, 1.54) is 16.7 Å². The molecule has 0 unspecified atom stereocenters. The lowest BCUT2D eigenvalue weighted by atomic mass is 9.76. The van der Waals surface area contributed by atoms with Gasteiger partial charge in [0.25, 0.3) is 0 Å². The minimum Gasteiger partial charge on any atom is -0.481 e. The normalized spacial score (nSPS) is 18.2. The summed E-state index contributed by atoms with van der Waals surface area (Å²) in [6, 6.07) is 6.28. The maximum absolute atomic E-state index is 12.7. The summed E-state index contributed by atoms with van der Waals surface area (Å²) < 4.78 is 2.04. The van der Waals surface area contributed by atoms with Crippen molar-refractivity contribution < 1.29 is 14.7 Å². The lowest BCUT2D eigenvalue weighted by molar-refractivity contribution is -0.137. The van der Waals surface area contributed by atoms with Crippen LogP contribution in [0.15, 0.2) is 33.3 Å². The molecule has 1 atom stereocenters. The van der Waals surface area contributed by atoms with Crippen LogP contribution in [0.5, 0.6) is 0 Å². The van der Waals surface area contributed by atoms with Gasteiger partial charge in [0.15, 0.2) is 0 Å². The van der Waals surface area contributed by atoms with Crippen LogP contribution < -0.4 is 0 Å². The number of halogens is 3. The number of unbranched alkanes of at least 4 members (excludes halogenated alkanes) is 2. The summed E-state index contributed by atoms with van der Waals surface area (Å²) in [5.41, 5.74) is 4.99. The molecule has 34 heavy (non-hydrogen) atoms. The van der Waals surface area contributed by atoms with Crippen LogP contribution in [0.3, 0.4) is 0 Å². The molecule has 1 aliphatic heterocycles. The van der Waals surface area contributed by atoms with Crippen LogP contribution >= 0.6 is 43.5 Å². The molecule has 1 saturated heterocycles. The van der Waals surface area contributed by atoms with Gasteiger partial charge in [-0.25, -0.2) is 0 Å². The third-order valence-corrected chi connectivity index (χ3v) is 8.37. The quantitative estimate of drug-likeness (QED) is 0.351. The number of aliphatic carboxylic acids is 1. The molecule has 0 saturated carbocycles. The fraction of sp³-hybridized carbons (Fsp3) is 0.500. The number of carboxylic acid groups (broad SMARTS) is 1. The number of carbonyl (C=O) groups is 2. The van der Waals surface area contributed by atoms with Gasteiger partial charge in [-0.05, 0) is 95.3 Å². The van der Waals surface area contributed by atoms with E-state index in [0.717, 1.165) is 71.3 Å². The molecule has 0 spiro atoms. The average molecular weight is 613 g/mol. The van der Waals surface area contributed by atoms with E-state index in [9.17, 15) is 9.59 Å². The van der Waals surface area contributed by atoms with Gasteiger partial charge in [0.1, 0.15) is 0 Å². The van der Waals surface area contributed by atoms with E-state index in [1.807, 2.05) is 17.2 Å². The van der Waals surface area contributed by atoms with Gasteiger partial charge in [-0.2, -0.15) is 0 Å². The molecule has 2 heterocycles. The number of likely N-dealkylation sites (tertiary alicyclic amines) is 1. The van der Waals surface area contributed by atoms with Crippen molar-refractivity contribution >= 4 is 55.3 Å². The molecule has 182 valence electrons. The Balaban J connectivity index is 1.48. The predicted molar refractivity (Wildman–Crippen MR) is 140 cm³/mol. The monoisotopic (exact) mass is 610 g/mol. The SMILES string of the molecule is O=C(O)CCCCCC(=O)N1CCC([C@H]2c3ncc(Br)cc3CCc3cc(Cl)cc(Br)c32)CC1. The number of nitrogens with zero attached hydrogens (tertiary/aromatic N) is 2. The van der Waals surface area contributed by atoms with Gasteiger partial charge in [0, 0.05) is 52.0 Å². The number of rotatable bonds is 7. The first-order chi connectivity index (χ1) is 16.3. The fourth-order valence-electron chi connectivity index (χ4n) is 5.40. The number of carboxylic acids is 1. The van der Waals surface area contributed by atoms with Crippen molar-refractivity contribution in [1.82, 2.24) is 9.88 Å². The molecule has 2 aromatic rings. The molecule has 1 aromatic carbocycles. The standard InChI is InChI=1S/C26H29Br2ClN2O3/c27-19-12-18-7-6-17-13-20(29)14-21(28)24(17)25(26(18)30-15-19)16-8-10-31(11-9-16)22(32)4-2-1-3-5-23(33)34/h12-16,25H,1-11H2,(H,33,34)/t25-/m1/s1. The topological polar surface area (TPSA) is 70.5 Å². The van der Waals surface area contributed by atoms with Gasteiger partial charge in [0.05, 0.1) is 5.69 Å². The predicted octanol–water partition coefficient (Wildman–Crippen LogP) is 6.76. The molecule has 8 heteroatoms. The second-order valence-electron chi connectivity index (χ2n) is 9.31. The molecule has 2 aliphatic rings. The van der Waals surface area contributed by atoms with Crippen molar-refractivity contribution in [3.63, 3.8) is 0 Å². The van der Waals surface area contributed by atoms with Gasteiger partial charge in [-0.15, -0.1) is 0 Å². The number of hydrogen-bond acceptors (Lipinski definition) is 3. The third-order valence-electron chi connectivity index (χ3n) is 7.06. The maximum atomic E-state index is 12.7.